The van der Waals surface area contributed by atoms with Crippen molar-refractivity contribution in [2.24, 2.45) is 5.73 Å². The number of halogens is 1. The van der Waals surface area contributed by atoms with Gasteiger partial charge in [-0.15, -0.1) is 0 Å². The van der Waals surface area contributed by atoms with Crippen LogP contribution in [-0.2, 0) is 16.8 Å². The predicted molar refractivity (Wildman–Crippen MR) is 108 cm³/mol. The van der Waals surface area contributed by atoms with E-state index in [2.05, 4.69) is 6.07 Å². The van der Waals surface area contributed by atoms with Crippen LogP contribution >= 0.6 is 11.6 Å². The van der Waals surface area contributed by atoms with Gasteiger partial charge in [-0.25, -0.2) is 0 Å². The third-order valence-electron chi connectivity index (χ3n) is 5.65. The zero-order valence-corrected chi connectivity index (χ0v) is 15.9. The van der Waals surface area contributed by atoms with Gasteiger partial charge < -0.3 is 15.4 Å². The maximum atomic E-state index is 12.6. The molecule has 2 aromatic carbocycles. The van der Waals surface area contributed by atoms with Crippen molar-refractivity contribution in [1.29, 1.82) is 0 Å². The molecule has 27 heavy (non-hydrogen) atoms. The van der Waals surface area contributed by atoms with Crippen molar-refractivity contribution in [2.45, 2.75) is 24.8 Å². The van der Waals surface area contributed by atoms with Gasteiger partial charge in [0.2, 0.25) is 5.91 Å². The Hall–Kier alpha value is -2.30. The first-order valence-corrected chi connectivity index (χ1v) is 9.66. The lowest BCUT2D eigenvalue weighted by molar-refractivity contribution is -0.127. The first-order chi connectivity index (χ1) is 13.1. The lowest BCUT2D eigenvalue weighted by atomic mass is 9.74. The average Bonchev–Trinajstić information content (AvgIpc) is 3.04. The van der Waals surface area contributed by atoms with Crippen molar-refractivity contribution < 1.29 is 9.53 Å². The third-order valence-corrected chi connectivity index (χ3v) is 5.89. The summed E-state index contributed by atoms with van der Waals surface area (Å²) in [6.07, 6.45) is 5.27. The zero-order chi connectivity index (χ0) is 18.9. The van der Waals surface area contributed by atoms with Crippen molar-refractivity contribution in [3.63, 3.8) is 0 Å². The Morgan fingerprint density at radius 1 is 1.22 bits per heavy atom. The van der Waals surface area contributed by atoms with Gasteiger partial charge in [0.1, 0.15) is 5.75 Å². The average molecular weight is 383 g/mol. The molecule has 0 aromatic heterocycles. The highest BCUT2D eigenvalue weighted by Gasteiger charge is 2.43. The molecule has 1 fully saturated rings. The molecule has 5 heteroatoms. The van der Waals surface area contributed by atoms with Gasteiger partial charge in [-0.1, -0.05) is 35.9 Å². The Morgan fingerprint density at radius 2 is 2.04 bits per heavy atom. The number of nitrogens with two attached hydrogens (primary N) is 1. The molecule has 0 radical (unpaired) electrons. The summed E-state index contributed by atoms with van der Waals surface area (Å²) in [5.74, 6) is 1.01. The van der Waals surface area contributed by atoms with Gasteiger partial charge in [0, 0.05) is 41.7 Å². The van der Waals surface area contributed by atoms with Crippen LogP contribution in [0.25, 0.3) is 6.08 Å². The molecule has 4 rings (SSSR count). The smallest absolute Gasteiger partial charge is 0.246 e. The molecule has 2 aromatic rings. The van der Waals surface area contributed by atoms with Crippen LogP contribution in [0, 0.1) is 0 Å². The summed E-state index contributed by atoms with van der Waals surface area (Å²) in [5.41, 5.74) is 9.12. The van der Waals surface area contributed by atoms with Crippen LogP contribution in [0.3, 0.4) is 0 Å². The lowest BCUT2D eigenvalue weighted by Gasteiger charge is -2.38. The van der Waals surface area contributed by atoms with Gasteiger partial charge in [0.15, 0.2) is 0 Å². The van der Waals surface area contributed by atoms with Crippen LogP contribution in [0.4, 0.5) is 0 Å². The second-order valence-corrected chi connectivity index (χ2v) is 7.75. The van der Waals surface area contributed by atoms with Gasteiger partial charge >= 0.3 is 0 Å². The van der Waals surface area contributed by atoms with E-state index in [1.54, 1.807) is 6.08 Å². The van der Waals surface area contributed by atoms with E-state index in [9.17, 15) is 4.79 Å². The van der Waals surface area contributed by atoms with Gasteiger partial charge in [0.25, 0.3) is 0 Å². The summed E-state index contributed by atoms with van der Waals surface area (Å²) in [7, 11) is 0. The van der Waals surface area contributed by atoms with E-state index in [4.69, 9.17) is 22.1 Å². The molecule has 2 N–H and O–H groups in total. The molecule has 140 valence electrons. The Labute approximate surface area is 164 Å². The molecule has 1 spiro atoms. The van der Waals surface area contributed by atoms with Crippen molar-refractivity contribution in [3.8, 4) is 5.75 Å². The second-order valence-electron chi connectivity index (χ2n) is 7.32. The Bertz CT molecular complexity index is 886. The molecule has 2 heterocycles. The minimum Gasteiger partial charge on any atom is -0.492 e. The summed E-state index contributed by atoms with van der Waals surface area (Å²) in [5, 5.41) is 0.668. The summed E-state index contributed by atoms with van der Waals surface area (Å²) in [6.45, 7) is 2.68. The van der Waals surface area contributed by atoms with Crippen LogP contribution in [0.5, 0.6) is 5.75 Å². The fraction of sp³-hybridized carbons (Fsp3) is 0.318. The van der Waals surface area contributed by atoms with E-state index >= 15 is 0 Å². The molecule has 0 bridgehead atoms. The zero-order valence-electron chi connectivity index (χ0n) is 15.2. The molecule has 0 atom stereocenters. The van der Waals surface area contributed by atoms with Crippen LogP contribution in [-0.4, -0.2) is 30.5 Å². The highest BCUT2D eigenvalue weighted by molar-refractivity contribution is 6.30. The molecule has 0 unspecified atom stereocenters. The SMILES string of the molecule is NCc1ccc2c(c1)C1(CCN(C(=O)C=Cc3cccc(Cl)c3)CC1)CO2. The maximum absolute atomic E-state index is 12.6. The van der Waals surface area contributed by atoms with E-state index in [0.717, 1.165) is 42.8 Å². The molecule has 1 amide bonds. The van der Waals surface area contributed by atoms with Crippen LogP contribution in [0.15, 0.2) is 48.5 Å². The molecular formula is C22H23ClN2O2. The number of benzene rings is 2. The fourth-order valence-corrected chi connectivity index (χ4v) is 4.19. The first-order valence-electron chi connectivity index (χ1n) is 9.28. The molecule has 1 saturated heterocycles. The molecular weight excluding hydrogens is 360 g/mol. The normalized spacial score (nSPS) is 17.9. The number of carbonyl (C=O) groups is 1. The number of ether oxygens (including phenoxy) is 1. The van der Waals surface area contributed by atoms with E-state index in [1.807, 2.05) is 47.4 Å². The summed E-state index contributed by atoms with van der Waals surface area (Å²) >= 11 is 5.99. The predicted octanol–water partition coefficient (Wildman–Crippen LogP) is 3.76. The van der Waals surface area contributed by atoms with Gasteiger partial charge in [0.05, 0.1) is 6.61 Å². The monoisotopic (exact) mass is 382 g/mol. The minimum absolute atomic E-state index is 0.00790. The number of carbonyl (C=O) groups excluding carboxylic acids is 1. The van der Waals surface area contributed by atoms with Gasteiger partial charge in [-0.2, -0.15) is 0 Å². The largest absolute Gasteiger partial charge is 0.492 e. The van der Waals surface area contributed by atoms with E-state index in [0.29, 0.717) is 18.2 Å². The van der Waals surface area contributed by atoms with Crippen molar-refractivity contribution in [3.05, 3.63) is 70.3 Å². The standard InChI is InChI=1S/C22H23ClN2O2/c23-18-3-1-2-16(12-18)5-7-21(26)25-10-8-22(9-11-25)15-27-20-6-4-17(14-24)13-19(20)22/h1-7,12-13H,8-11,14-15,24H2. The van der Waals surface area contributed by atoms with E-state index in [1.165, 1.54) is 5.56 Å². The molecule has 0 aliphatic carbocycles. The third kappa shape index (κ3) is 3.60. The van der Waals surface area contributed by atoms with Gasteiger partial charge in [-0.05, 0) is 48.2 Å². The highest BCUT2D eigenvalue weighted by Crippen LogP contribution is 2.45. The van der Waals surface area contributed by atoms with E-state index < -0.39 is 0 Å². The van der Waals surface area contributed by atoms with E-state index in [-0.39, 0.29) is 11.3 Å². The number of piperidine rings is 1. The van der Waals surface area contributed by atoms with Gasteiger partial charge in [-0.3, -0.25) is 4.79 Å². The minimum atomic E-state index is 0.00790. The number of rotatable bonds is 3. The fourth-order valence-electron chi connectivity index (χ4n) is 3.99. The van der Waals surface area contributed by atoms with Crippen LogP contribution in [0.1, 0.15) is 29.5 Å². The van der Waals surface area contributed by atoms with Crippen molar-refractivity contribution >= 4 is 23.6 Å². The highest BCUT2D eigenvalue weighted by atomic mass is 35.5. The summed E-state index contributed by atoms with van der Waals surface area (Å²) < 4.78 is 5.93. The molecule has 2 aliphatic rings. The van der Waals surface area contributed by atoms with Crippen molar-refractivity contribution in [2.75, 3.05) is 19.7 Å². The number of hydrogen-bond acceptors (Lipinski definition) is 3. The lowest BCUT2D eigenvalue weighted by Crippen LogP contribution is -2.45. The Kier molecular flexibility index (Phi) is 4.94. The number of likely N-dealkylation sites (tertiary alicyclic amines) is 1. The second kappa shape index (κ2) is 7.37. The van der Waals surface area contributed by atoms with Crippen molar-refractivity contribution in [1.82, 2.24) is 4.90 Å². The Balaban J connectivity index is 1.43. The number of amides is 1. The molecule has 4 nitrogen and oxygen atoms in total. The Morgan fingerprint density at radius 3 is 2.78 bits per heavy atom. The number of hydrogen-bond donors (Lipinski definition) is 1. The summed E-state index contributed by atoms with van der Waals surface area (Å²) in [6, 6.07) is 13.7. The number of fused-ring (bicyclic) bond motifs is 2. The molecule has 0 saturated carbocycles. The van der Waals surface area contributed by atoms with Crippen LogP contribution < -0.4 is 10.5 Å². The topological polar surface area (TPSA) is 55.6 Å². The number of nitrogens with zero attached hydrogens (tertiary/aromatic N) is 1. The first kappa shape index (κ1) is 18.1. The molecule has 2 aliphatic heterocycles. The summed E-state index contributed by atoms with van der Waals surface area (Å²) in [4.78, 5) is 14.5. The quantitative estimate of drug-likeness (QED) is 0.822. The van der Waals surface area contributed by atoms with Crippen LogP contribution in [0.2, 0.25) is 5.02 Å². The maximum Gasteiger partial charge on any atom is 0.246 e.